The van der Waals surface area contributed by atoms with Gasteiger partial charge >= 0.3 is 0 Å². The normalized spacial score (nSPS) is 15.0. The van der Waals surface area contributed by atoms with Crippen molar-refractivity contribution in [2.45, 2.75) is 64.7 Å². The predicted molar refractivity (Wildman–Crippen MR) is 143 cm³/mol. The highest BCUT2D eigenvalue weighted by Crippen LogP contribution is 2.35. The highest BCUT2D eigenvalue weighted by Gasteiger charge is 2.34. The van der Waals surface area contributed by atoms with Crippen molar-refractivity contribution in [3.05, 3.63) is 105 Å². The summed E-state index contributed by atoms with van der Waals surface area (Å²) in [6, 6.07) is 13.7. The van der Waals surface area contributed by atoms with Gasteiger partial charge in [-0.3, -0.25) is 14.7 Å². The van der Waals surface area contributed by atoms with Gasteiger partial charge in [0.05, 0.1) is 24.4 Å². The van der Waals surface area contributed by atoms with Crippen LogP contribution >= 0.6 is 0 Å². The monoisotopic (exact) mass is 509 g/mol. The van der Waals surface area contributed by atoms with E-state index in [1.807, 2.05) is 48.1 Å². The van der Waals surface area contributed by atoms with E-state index < -0.39 is 6.04 Å². The molecule has 1 aliphatic rings. The number of hydrogen-bond donors (Lipinski definition) is 1. The number of furan rings is 1. The van der Waals surface area contributed by atoms with E-state index in [1.165, 1.54) is 0 Å². The summed E-state index contributed by atoms with van der Waals surface area (Å²) in [7, 11) is 0. The third-order valence-corrected chi connectivity index (χ3v) is 7.46. The molecule has 9 nitrogen and oxygen atoms in total. The Morgan fingerprint density at radius 2 is 2.00 bits per heavy atom. The number of aromatic nitrogens is 6. The van der Waals surface area contributed by atoms with Crippen LogP contribution in [0.4, 0.5) is 0 Å². The molecule has 0 spiro atoms. The van der Waals surface area contributed by atoms with Crippen LogP contribution in [0.15, 0.2) is 70.3 Å². The van der Waals surface area contributed by atoms with Gasteiger partial charge in [0.1, 0.15) is 11.8 Å². The average Bonchev–Trinajstić information content (AvgIpc) is 3.69. The maximum absolute atomic E-state index is 13.8. The van der Waals surface area contributed by atoms with Crippen LogP contribution < -0.4 is 5.56 Å². The van der Waals surface area contributed by atoms with Crippen LogP contribution in [0.3, 0.4) is 0 Å². The molecule has 9 heteroatoms. The number of hydrogen-bond acceptors (Lipinski definition) is 7. The van der Waals surface area contributed by atoms with E-state index in [1.54, 1.807) is 12.5 Å². The minimum Gasteiger partial charge on any atom is -0.468 e. The first-order chi connectivity index (χ1) is 18.6. The Labute approximate surface area is 220 Å². The number of benzene rings is 1. The Morgan fingerprint density at radius 1 is 1.13 bits per heavy atom. The molecule has 0 radical (unpaired) electrons. The van der Waals surface area contributed by atoms with Gasteiger partial charge in [-0.25, -0.2) is 4.68 Å². The number of rotatable bonds is 8. The molecule has 4 heterocycles. The van der Waals surface area contributed by atoms with E-state index >= 15 is 0 Å². The largest absolute Gasteiger partial charge is 0.468 e. The van der Waals surface area contributed by atoms with Crippen LogP contribution in [0, 0.1) is 13.8 Å². The molecule has 4 aromatic heterocycles. The molecular formula is C29H31N7O2. The molecule has 1 atom stereocenters. The summed E-state index contributed by atoms with van der Waals surface area (Å²) in [6.07, 6.45) is 9.63. The molecule has 0 aliphatic heterocycles. The van der Waals surface area contributed by atoms with Gasteiger partial charge in [-0.05, 0) is 84.0 Å². The molecule has 1 aromatic carbocycles. The zero-order chi connectivity index (χ0) is 26.1. The number of tetrazole rings is 1. The lowest BCUT2D eigenvalue weighted by atomic mass is 9.99. The van der Waals surface area contributed by atoms with Gasteiger partial charge in [-0.2, -0.15) is 0 Å². The molecule has 1 aliphatic carbocycles. The Balaban J connectivity index is 1.55. The quantitative estimate of drug-likeness (QED) is 0.313. The summed E-state index contributed by atoms with van der Waals surface area (Å²) in [6.45, 7) is 5.09. The number of nitrogens with one attached hydrogen (secondary N) is 1. The molecule has 38 heavy (non-hydrogen) atoms. The number of pyridine rings is 2. The fourth-order valence-corrected chi connectivity index (χ4v) is 5.76. The summed E-state index contributed by atoms with van der Waals surface area (Å²) >= 11 is 0. The zero-order valence-corrected chi connectivity index (χ0v) is 21.7. The Hall–Kier alpha value is -4.11. The number of H-pyrrole nitrogens is 1. The van der Waals surface area contributed by atoms with Crippen LogP contribution in [-0.4, -0.2) is 35.1 Å². The van der Waals surface area contributed by atoms with Crippen LogP contribution in [0.2, 0.25) is 0 Å². The summed E-state index contributed by atoms with van der Waals surface area (Å²) in [5, 5.41) is 14.1. The van der Waals surface area contributed by atoms with Crippen LogP contribution in [-0.2, 0) is 13.1 Å². The Kier molecular flexibility index (Phi) is 6.59. The van der Waals surface area contributed by atoms with Gasteiger partial charge in [-0.15, -0.1) is 5.10 Å². The maximum atomic E-state index is 13.8. The van der Waals surface area contributed by atoms with E-state index in [2.05, 4.69) is 49.4 Å². The molecule has 0 saturated heterocycles. The third-order valence-electron chi connectivity index (χ3n) is 7.46. The molecule has 5 aromatic rings. The van der Waals surface area contributed by atoms with Gasteiger partial charge in [-0.1, -0.05) is 30.5 Å². The fourth-order valence-electron chi connectivity index (χ4n) is 5.76. The van der Waals surface area contributed by atoms with Crippen molar-refractivity contribution < 1.29 is 4.42 Å². The molecule has 0 unspecified atom stereocenters. The second kappa shape index (κ2) is 10.3. The first-order valence-electron chi connectivity index (χ1n) is 13.1. The first kappa shape index (κ1) is 24.2. The first-order valence-corrected chi connectivity index (χ1v) is 13.1. The average molecular weight is 510 g/mol. The van der Waals surface area contributed by atoms with Crippen molar-refractivity contribution in [1.82, 2.24) is 35.1 Å². The van der Waals surface area contributed by atoms with E-state index in [9.17, 15) is 4.79 Å². The minimum absolute atomic E-state index is 0.147. The van der Waals surface area contributed by atoms with Gasteiger partial charge in [0, 0.05) is 24.5 Å². The molecule has 194 valence electrons. The Morgan fingerprint density at radius 3 is 2.76 bits per heavy atom. The molecule has 1 saturated carbocycles. The van der Waals surface area contributed by atoms with Gasteiger partial charge < -0.3 is 9.40 Å². The summed E-state index contributed by atoms with van der Waals surface area (Å²) in [5.74, 6) is 1.46. The van der Waals surface area contributed by atoms with E-state index in [-0.39, 0.29) is 11.6 Å². The van der Waals surface area contributed by atoms with Crippen molar-refractivity contribution in [3.8, 4) is 0 Å². The highest BCUT2D eigenvalue weighted by molar-refractivity contribution is 5.83. The smallest absolute Gasteiger partial charge is 0.253 e. The van der Waals surface area contributed by atoms with E-state index in [4.69, 9.17) is 4.42 Å². The second-order valence-corrected chi connectivity index (χ2v) is 10.3. The summed E-state index contributed by atoms with van der Waals surface area (Å²) in [4.78, 5) is 23.5. The topological polar surface area (TPSA) is 106 Å². The molecular weight excluding hydrogens is 478 g/mol. The zero-order valence-electron chi connectivity index (χ0n) is 21.7. The number of nitrogens with zero attached hydrogens (tertiary/aromatic N) is 6. The van der Waals surface area contributed by atoms with Crippen molar-refractivity contribution in [2.75, 3.05) is 0 Å². The van der Waals surface area contributed by atoms with Crippen molar-refractivity contribution >= 4 is 10.9 Å². The number of aromatic amines is 1. The second-order valence-electron chi connectivity index (χ2n) is 10.3. The lowest BCUT2D eigenvalue weighted by molar-refractivity contribution is 0.176. The van der Waals surface area contributed by atoms with Crippen LogP contribution in [0.25, 0.3) is 10.9 Å². The van der Waals surface area contributed by atoms with Gasteiger partial charge in [0.2, 0.25) is 0 Å². The van der Waals surface area contributed by atoms with Gasteiger partial charge in [0.25, 0.3) is 5.56 Å². The van der Waals surface area contributed by atoms with E-state index in [0.29, 0.717) is 24.5 Å². The molecule has 0 amide bonds. The SMILES string of the molecule is Cc1cc(C)c2[nH]c(=O)c([C@@H](c3nnnn3C3CCCC3)N(Cc3cccnc3)Cc3ccco3)cc2c1. The lowest BCUT2D eigenvalue weighted by Gasteiger charge is -2.31. The third kappa shape index (κ3) is 4.77. The van der Waals surface area contributed by atoms with Crippen molar-refractivity contribution in [1.29, 1.82) is 0 Å². The van der Waals surface area contributed by atoms with E-state index in [0.717, 1.165) is 59.0 Å². The molecule has 1 N–H and O–H groups in total. The Bertz CT molecular complexity index is 1580. The predicted octanol–water partition coefficient (Wildman–Crippen LogP) is 5.03. The molecule has 6 rings (SSSR count). The summed E-state index contributed by atoms with van der Waals surface area (Å²) in [5.41, 5.74) is 4.51. The molecule has 0 bridgehead atoms. The molecule has 1 fully saturated rings. The fraction of sp³-hybridized carbons (Fsp3) is 0.345. The van der Waals surface area contributed by atoms with Crippen LogP contribution in [0.1, 0.15) is 71.6 Å². The number of aryl methyl sites for hydroxylation is 2. The highest BCUT2D eigenvalue weighted by atomic mass is 16.3. The minimum atomic E-state index is -0.509. The summed E-state index contributed by atoms with van der Waals surface area (Å²) < 4.78 is 7.71. The maximum Gasteiger partial charge on any atom is 0.253 e. The van der Waals surface area contributed by atoms with Crippen LogP contribution in [0.5, 0.6) is 0 Å². The van der Waals surface area contributed by atoms with Crippen molar-refractivity contribution in [2.24, 2.45) is 0 Å². The van der Waals surface area contributed by atoms with Gasteiger partial charge in [0.15, 0.2) is 5.82 Å². The number of fused-ring (bicyclic) bond motifs is 1. The lowest BCUT2D eigenvalue weighted by Crippen LogP contribution is -2.35. The standard InChI is InChI=1S/C29H31N7O2/c1-19-13-20(2)26-22(14-19)15-25(29(37)31-26)27(28-32-33-34-36(28)23-8-3-4-9-23)35(18-24-10-6-12-38-24)17-21-7-5-11-30-16-21/h5-7,10-16,23,27H,3-4,8-9,17-18H2,1-2H3,(H,31,37)/t27-/m0/s1. The van der Waals surface area contributed by atoms with Crippen molar-refractivity contribution in [3.63, 3.8) is 0 Å².